The SMILES string of the molecule is CC(C)(C)C(=O)OCC(=O)Nc1cccc(I)c1. The molecule has 0 bridgehead atoms. The van der Waals surface area contributed by atoms with Crippen molar-refractivity contribution in [2.45, 2.75) is 20.8 Å². The highest BCUT2D eigenvalue weighted by atomic mass is 127. The van der Waals surface area contributed by atoms with Gasteiger partial charge in [-0.15, -0.1) is 0 Å². The Morgan fingerprint density at radius 3 is 2.56 bits per heavy atom. The number of anilines is 1. The van der Waals surface area contributed by atoms with Gasteiger partial charge in [-0.3, -0.25) is 9.59 Å². The molecule has 0 radical (unpaired) electrons. The third-order valence-electron chi connectivity index (χ3n) is 2.06. The average Bonchev–Trinajstić information content (AvgIpc) is 2.24. The molecule has 4 nitrogen and oxygen atoms in total. The van der Waals surface area contributed by atoms with Gasteiger partial charge in [-0.1, -0.05) is 6.07 Å². The van der Waals surface area contributed by atoms with Crippen molar-refractivity contribution in [2.24, 2.45) is 5.41 Å². The van der Waals surface area contributed by atoms with Crippen LogP contribution in [0.15, 0.2) is 24.3 Å². The molecule has 98 valence electrons. The quantitative estimate of drug-likeness (QED) is 0.666. The van der Waals surface area contributed by atoms with E-state index in [4.69, 9.17) is 4.74 Å². The van der Waals surface area contributed by atoms with Crippen molar-refractivity contribution in [1.82, 2.24) is 0 Å². The number of carbonyl (C=O) groups is 2. The molecule has 0 aromatic heterocycles. The van der Waals surface area contributed by atoms with Crippen LogP contribution in [0.1, 0.15) is 20.8 Å². The summed E-state index contributed by atoms with van der Waals surface area (Å²) in [5.41, 5.74) is 0.0984. The zero-order chi connectivity index (χ0) is 13.8. The van der Waals surface area contributed by atoms with Crippen LogP contribution < -0.4 is 5.32 Å². The van der Waals surface area contributed by atoms with Crippen molar-refractivity contribution in [3.05, 3.63) is 27.8 Å². The molecule has 0 fully saturated rings. The minimum atomic E-state index is -0.595. The molecule has 5 heteroatoms. The molecule has 0 spiro atoms. The zero-order valence-electron chi connectivity index (χ0n) is 10.6. The Labute approximate surface area is 120 Å². The number of carbonyl (C=O) groups excluding carboxylic acids is 2. The fourth-order valence-electron chi connectivity index (χ4n) is 1.11. The van der Waals surface area contributed by atoms with E-state index in [2.05, 4.69) is 27.9 Å². The summed E-state index contributed by atoms with van der Waals surface area (Å²) < 4.78 is 5.94. The third kappa shape index (κ3) is 5.03. The Kier molecular flexibility index (Phi) is 5.13. The number of hydrogen-bond donors (Lipinski definition) is 1. The maximum atomic E-state index is 11.6. The van der Waals surface area contributed by atoms with E-state index >= 15 is 0 Å². The van der Waals surface area contributed by atoms with Gasteiger partial charge >= 0.3 is 5.97 Å². The maximum Gasteiger partial charge on any atom is 0.311 e. The highest BCUT2D eigenvalue weighted by Gasteiger charge is 2.23. The summed E-state index contributed by atoms with van der Waals surface area (Å²) in [6, 6.07) is 7.39. The molecule has 0 unspecified atom stereocenters. The van der Waals surface area contributed by atoms with E-state index in [1.165, 1.54) is 0 Å². The predicted molar refractivity (Wildman–Crippen MR) is 78.2 cm³/mol. The number of nitrogens with one attached hydrogen (secondary N) is 1. The van der Waals surface area contributed by atoms with E-state index in [1.807, 2.05) is 18.2 Å². The molecule has 1 aromatic rings. The first-order chi connectivity index (χ1) is 8.29. The molecule has 1 rings (SSSR count). The van der Waals surface area contributed by atoms with Gasteiger partial charge in [0.1, 0.15) is 0 Å². The molecule has 0 atom stereocenters. The minimum Gasteiger partial charge on any atom is -0.455 e. The van der Waals surface area contributed by atoms with Gasteiger partial charge in [-0.2, -0.15) is 0 Å². The fourth-order valence-corrected chi connectivity index (χ4v) is 1.65. The minimum absolute atomic E-state index is 0.262. The molecule has 0 saturated heterocycles. The lowest BCUT2D eigenvalue weighted by molar-refractivity contribution is -0.155. The van der Waals surface area contributed by atoms with Crippen molar-refractivity contribution in [2.75, 3.05) is 11.9 Å². The van der Waals surface area contributed by atoms with Crippen LogP contribution in [0.5, 0.6) is 0 Å². The number of rotatable bonds is 3. The molecule has 1 amide bonds. The lowest BCUT2D eigenvalue weighted by Crippen LogP contribution is -2.27. The standard InChI is InChI=1S/C13H16INO3/c1-13(2,3)12(17)18-8-11(16)15-10-6-4-5-9(14)7-10/h4-7H,8H2,1-3H3,(H,15,16). The summed E-state index contributed by atoms with van der Waals surface area (Å²) in [6.45, 7) is 4.97. The van der Waals surface area contributed by atoms with Gasteiger partial charge in [0.25, 0.3) is 5.91 Å². The van der Waals surface area contributed by atoms with Crippen LogP contribution in [0, 0.1) is 8.99 Å². The summed E-state index contributed by atoms with van der Waals surface area (Å²) in [7, 11) is 0. The first-order valence-corrected chi connectivity index (χ1v) is 6.59. The molecule has 1 aromatic carbocycles. The first kappa shape index (κ1) is 14.9. The summed E-state index contributed by atoms with van der Waals surface area (Å²) in [5, 5.41) is 2.67. The largest absolute Gasteiger partial charge is 0.455 e. The second kappa shape index (κ2) is 6.17. The predicted octanol–water partition coefficient (Wildman–Crippen LogP) is 2.82. The van der Waals surface area contributed by atoms with Crippen LogP contribution in [-0.2, 0) is 14.3 Å². The highest BCUT2D eigenvalue weighted by Crippen LogP contribution is 2.15. The first-order valence-electron chi connectivity index (χ1n) is 5.51. The van der Waals surface area contributed by atoms with Gasteiger partial charge in [-0.05, 0) is 61.6 Å². The number of benzene rings is 1. The number of amides is 1. The number of hydrogen-bond acceptors (Lipinski definition) is 3. The van der Waals surface area contributed by atoms with Crippen molar-refractivity contribution >= 4 is 40.2 Å². The molecular formula is C13H16INO3. The Hall–Kier alpha value is -1.11. The van der Waals surface area contributed by atoms with Crippen LogP contribution in [0.4, 0.5) is 5.69 Å². The van der Waals surface area contributed by atoms with Crippen molar-refractivity contribution in [3.8, 4) is 0 Å². The van der Waals surface area contributed by atoms with Crippen LogP contribution in [0.3, 0.4) is 0 Å². The molecule has 0 saturated carbocycles. The Morgan fingerprint density at radius 2 is 2.00 bits per heavy atom. The Morgan fingerprint density at radius 1 is 1.33 bits per heavy atom. The molecule has 0 aliphatic rings. The summed E-state index contributed by atoms with van der Waals surface area (Å²) in [5.74, 6) is -0.727. The van der Waals surface area contributed by atoms with Crippen LogP contribution in [0.25, 0.3) is 0 Å². The van der Waals surface area contributed by atoms with E-state index < -0.39 is 5.41 Å². The number of halogens is 1. The van der Waals surface area contributed by atoms with E-state index in [1.54, 1.807) is 26.8 Å². The normalized spacial score (nSPS) is 10.9. The third-order valence-corrected chi connectivity index (χ3v) is 2.73. The topological polar surface area (TPSA) is 55.4 Å². The molecule has 0 aliphatic heterocycles. The maximum absolute atomic E-state index is 11.6. The molecule has 0 heterocycles. The Bertz CT molecular complexity index is 452. The number of ether oxygens (including phenoxy) is 1. The van der Waals surface area contributed by atoms with E-state index in [9.17, 15) is 9.59 Å². The van der Waals surface area contributed by atoms with Crippen LogP contribution in [0.2, 0.25) is 0 Å². The average molecular weight is 361 g/mol. The monoisotopic (exact) mass is 361 g/mol. The van der Waals surface area contributed by atoms with Gasteiger partial charge in [0.2, 0.25) is 0 Å². The van der Waals surface area contributed by atoms with Gasteiger partial charge in [0, 0.05) is 9.26 Å². The highest BCUT2D eigenvalue weighted by molar-refractivity contribution is 14.1. The van der Waals surface area contributed by atoms with Crippen molar-refractivity contribution in [1.29, 1.82) is 0 Å². The second-order valence-electron chi connectivity index (χ2n) is 4.88. The fraction of sp³-hybridized carbons (Fsp3) is 0.385. The second-order valence-corrected chi connectivity index (χ2v) is 6.13. The van der Waals surface area contributed by atoms with E-state index in [0.717, 1.165) is 3.57 Å². The van der Waals surface area contributed by atoms with Crippen molar-refractivity contribution in [3.63, 3.8) is 0 Å². The van der Waals surface area contributed by atoms with Gasteiger partial charge in [0.15, 0.2) is 6.61 Å². The van der Waals surface area contributed by atoms with Crippen LogP contribution >= 0.6 is 22.6 Å². The smallest absolute Gasteiger partial charge is 0.311 e. The molecule has 0 aliphatic carbocycles. The van der Waals surface area contributed by atoms with Crippen LogP contribution in [-0.4, -0.2) is 18.5 Å². The van der Waals surface area contributed by atoms with Gasteiger partial charge < -0.3 is 10.1 Å². The molecular weight excluding hydrogens is 345 g/mol. The summed E-state index contributed by atoms with van der Waals surface area (Å²) in [6.07, 6.45) is 0. The summed E-state index contributed by atoms with van der Waals surface area (Å²) in [4.78, 5) is 23.0. The Balaban J connectivity index is 2.46. The lowest BCUT2D eigenvalue weighted by atomic mass is 9.97. The van der Waals surface area contributed by atoms with Gasteiger partial charge in [0.05, 0.1) is 5.41 Å². The molecule has 1 N–H and O–H groups in total. The van der Waals surface area contributed by atoms with E-state index in [0.29, 0.717) is 5.69 Å². The zero-order valence-corrected chi connectivity index (χ0v) is 12.8. The summed E-state index contributed by atoms with van der Waals surface area (Å²) >= 11 is 2.16. The molecule has 18 heavy (non-hydrogen) atoms. The van der Waals surface area contributed by atoms with Gasteiger partial charge in [-0.25, -0.2) is 0 Å². The van der Waals surface area contributed by atoms with Crippen molar-refractivity contribution < 1.29 is 14.3 Å². The number of esters is 1. The van der Waals surface area contributed by atoms with E-state index in [-0.39, 0.29) is 18.5 Å². The lowest BCUT2D eigenvalue weighted by Gasteiger charge is -2.16.